The summed E-state index contributed by atoms with van der Waals surface area (Å²) in [6.45, 7) is 0. The van der Waals surface area contributed by atoms with Gasteiger partial charge in [0.05, 0.1) is 0 Å². The molecule has 7 heteroatoms. The second-order valence-corrected chi connectivity index (χ2v) is 2.91. The predicted molar refractivity (Wildman–Crippen MR) is 44.7 cm³/mol. The minimum atomic E-state index is -4.80. The van der Waals surface area contributed by atoms with Crippen molar-refractivity contribution in [2.45, 2.75) is 12.4 Å². The molecule has 0 unspecified atom stereocenters. The first-order valence-electron chi connectivity index (χ1n) is 3.72. The van der Waals surface area contributed by atoms with Crippen LogP contribution in [-0.2, 0) is 0 Å². The molecule has 0 aromatic carbocycles. The number of allylic oxidation sites excluding steroid dienone is 4. The number of halogens is 6. The summed E-state index contributed by atoms with van der Waals surface area (Å²) in [5, 5.41) is 0. The Kier molecular flexibility index (Phi) is 2.76. The fraction of sp³-hybridized carbons (Fsp3) is 0.250. The molecule has 1 aliphatic rings. The van der Waals surface area contributed by atoms with Crippen molar-refractivity contribution in [1.82, 2.24) is 0 Å². The Morgan fingerprint density at radius 1 is 0.933 bits per heavy atom. The summed E-state index contributed by atoms with van der Waals surface area (Å²) in [6.07, 6.45) is -8.40. The number of hydrogen-bond donors (Lipinski definition) is 0. The molecule has 0 nitrogen and oxygen atoms in total. The maximum absolute atomic E-state index is 12.1. The summed E-state index contributed by atoms with van der Waals surface area (Å²) in [5.41, 5.74) is -3.01. The summed E-state index contributed by atoms with van der Waals surface area (Å²) in [6, 6.07) is 0. The molecule has 0 bridgehead atoms. The Hall–Kier alpha value is -1.14. The van der Waals surface area contributed by atoms with Gasteiger partial charge >= 0.3 is 81.4 Å². The van der Waals surface area contributed by atoms with E-state index in [9.17, 15) is 26.3 Å². The summed E-state index contributed by atoms with van der Waals surface area (Å²) in [4.78, 5) is 0. The van der Waals surface area contributed by atoms with Crippen LogP contribution in [0.5, 0.6) is 0 Å². The number of rotatable bonds is 0. The van der Waals surface area contributed by atoms with E-state index in [2.05, 4.69) is 7.49 Å². The van der Waals surface area contributed by atoms with Crippen LogP contribution in [0.25, 0.3) is 0 Å². The fourth-order valence-electron chi connectivity index (χ4n) is 1.02. The van der Waals surface area contributed by atoms with E-state index < -0.39 is 23.5 Å². The van der Waals surface area contributed by atoms with E-state index in [0.29, 0.717) is 12.5 Å². The molecule has 82 valence electrons. The molecule has 0 amide bonds. The van der Waals surface area contributed by atoms with Crippen LogP contribution in [-0.4, -0.2) is 25.3 Å². The average Bonchev–Trinajstić information content (AvgIpc) is 1.99. The fourth-order valence-corrected chi connectivity index (χ4v) is 1.02. The Morgan fingerprint density at radius 2 is 1.47 bits per heavy atom. The number of hydrogen-bond acceptors (Lipinski definition) is 0. The molecule has 0 aliphatic heterocycles. The molecule has 0 N–H and O–H groups in total. The number of alkyl halides is 6. The maximum atomic E-state index is 12.1. The van der Waals surface area contributed by atoms with E-state index in [1.807, 2.05) is 0 Å². The van der Waals surface area contributed by atoms with Gasteiger partial charge in [-0.05, 0) is 0 Å². The molecule has 1 rings (SSSR count). The Morgan fingerprint density at radius 3 is 1.87 bits per heavy atom. The molecular formula is C8H4BF6-. The van der Waals surface area contributed by atoms with Crippen LogP contribution < -0.4 is 0 Å². The minimum absolute atomic E-state index is 0.0642. The van der Waals surface area contributed by atoms with Crippen LogP contribution >= 0.6 is 0 Å². The second-order valence-electron chi connectivity index (χ2n) is 2.91. The van der Waals surface area contributed by atoms with Gasteiger partial charge in [0.1, 0.15) is 0 Å². The molecule has 0 atom stereocenters. The van der Waals surface area contributed by atoms with Crippen molar-refractivity contribution in [2.24, 2.45) is 0 Å². The summed E-state index contributed by atoms with van der Waals surface area (Å²) in [7, 11) is 3.07. The molecule has 1 aliphatic carbocycles. The van der Waals surface area contributed by atoms with Gasteiger partial charge in [-0.1, -0.05) is 0 Å². The normalized spacial score (nSPS) is 18.1. The van der Waals surface area contributed by atoms with E-state index in [4.69, 9.17) is 0 Å². The third kappa shape index (κ3) is 2.90. The van der Waals surface area contributed by atoms with Crippen molar-refractivity contribution >= 4 is 13.0 Å². The van der Waals surface area contributed by atoms with E-state index in [1.54, 1.807) is 0 Å². The van der Waals surface area contributed by atoms with Crippen molar-refractivity contribution in [1.29, 1.82) is 0 Å². The van der Waals surface area contributed by atoms with Crippen molar-refractivity contribution in [3.05, 3.63) is 29.7 Å². The molecule has 0 aromatic heterocycles. The van der Waals surface area contributed by atoms with E-state index in [-0.39, 0.29) is 11.5 Å². The van der Waals surface area contributed by atoms with Gasteiger partial charge in [-0.25, -0.2) is 0 Å². The predicted octanol–water partition coefficient (Wildman–Crippen LogP) is 2.25. The van der Waals surface area contributed by atoms with Gasteiger partial charge in [0.15, 0.2) is 0 Å². The van der Waals surface area contributed by atoms with Crippen molar-refractivity contribution in [3.8, 4) is 0 Å². The van der Waals surface area contributed by atoms with Crippen molar-refractivity contribution in [2.75, 3.05) is 0 Å². The first-order valence-corrected chi connectivity index (χ1v) is 3.72. The molecular weight excluding hydrogens is 221 g/mol. The second kappa shape index (κ2) is 3.46. The molecule has 0 aromatic rings. The third-order valence-corrected chi connectivity index (χ3v) is 1.65. The van der Waals surface area contributed by atoms with Gasteiger partial charge in [0, 0.05) is 0 Å². The van der Waals surface area contributed by atoms with E-state index in [1.165, 1.54) is 0 Å². The van der Waals surface area contributed by atoms with Gasteiger partial charge in [-0.3, -0.25) is 0 Å². The zero-order valence-electron chi connectivity index (χ0n) is 7.21. The topological polar surface area (TPSA) is 0 Å². The van der Waals surface area contributed by atoms with Gasteiger partial charge < -0.3 is 0 Å². The van der Waals surface area contributed by atoms with Gasteiger partial charge in [0.25, 0.3) is 0 Å². The Bertz CT molecular complexity index is 343. The molecule has 0 saturated carbocycles. The SMILES string of the molecule is B=C1C=C(C(F)(F)F)C=C(C(F)(F)F)[CH-]1. The van der Waals surface area contributed by atoms with Crippen LogP contribution in [0.4, 0.5) is 26.3 Å². The molecule has 0 fully saturated rings. The van der Waals surface area contributed by atoms with Crippen LogP contribution in [0, 0.1) is 6.42 Å². The standard InChI is InChI=1S/C8H4BF6/c9-6-2-4(7(10,11)12)1-5(3-6)8(13,14)15/h1-3,9H/q-1. The van der Waals surface area contributed by atoms with Gasteiger partial charge in [-0.15, -0.1) is 0 Å². The van der Waals surface area contributed by atoms with Crippen LogP contribution in [0.15, 0.2) is 23.3 Å². The van der Waals surface area contributed by atoms with Crippen molar-refractivity contribution < 1.29 is 26.3 Å². The van der Waals surface area contributed by atoms with Gasteiger partial charge in [0.2, 0.25) is 0 Å². The molecule has 0 heterocycles. The summed E-state index contributed by atoms with van der Waals surface area (Å²) >= 11 is 0. The average molecular weight is 225 g/mol. The van der Waals surface area contributed by atoms with Crippen LogP contribution in [0.3, 0.4) is 0 Å². The quantitative estimate of drug-likeness (QED) is 0.337. The zero-order valence-corrected chi connectivity index (χ0v) is 7.21. The van der Waals surface area contributed by atoms with Crippen LogP contribution in [0.2, 0.25) is 0 Å². The summed E-state index contributed by atoms with van der Waals surface area (Å²) < 4.78 is 72.8. The van der Waals surface area contributed by atoms with Crippen molar-refractivity contribution in [3.63, 3.8) is 0 Å². The molecule has 0 spiro atoms. The molecule has 15 heavy (non-hydrogen) atoms. The Balaban J connectivity index is 3.11. The monoisotopic (exact) mass is 225 g/mol. The summed E-state index contributed by atoms with van der Waals surface area (Å²) in [5.74, 6) is 0. The van der Waals surface area contributed by atoms with E-state index in [0.717, 1.165) is 0 Å². The first kappa shape index (κ1) is 11.9. The van der Waals surface area contributed by atoms with Gasteiger partial charge in [-0.2, -0.15) is 0 Å². The third-order valence-electron chi connectivity index (χ3n) is 1.65. The molecule has 0 saturated heterocycles. The molecule has 0 radical (unpaired) electrons. The van der Waals surface area contributed by atoms with E-state index >= 15 is 0 Å². The first-order chi connectivity index (χ1) is 6.60. The zero-order chi connectivity index (χ0) is 11.9. The van der Waals surface area contributed by atoms with Crippen LogP contribution in [0.1, 0.15) is 0 Å². The Labute approximate surface area is 82.3 Å².